The average Bonchev–Trinajstić information content (AvgIpc) is 2.77. The second-order valence-electron chi connectivity index (χ2n) is 4.73. The van der Waals surface area contributed by atoms with Gasteiger partial charge in [0.15, 0.2) is 0 Å². The normalized spacial score (nSPS) is 12.9. The van der Waals surface area contributed by atoms with Crippen molar-refractivity contribution in [2.24, 2.45) is 5.73 Å². The summed E-state index contributed by atoms with van der Waals surface area (Å²) in [4.78, 5) is 8.63. The molecular formula is C13H19N5. The van der Waals surface area contributed by atoms with Gasteiger partial charge in [-0.2, -0.15) is 5.10 Å². The predicted molar refractivity (Wildman–Crippen MR) is 70.0 cm³/mol. The molecule has 0 amide bonds. The van der Waals surface area contributed by atoms with Gasteiger partial charge in [0.25, 0.3) is 0 Å². The fourth-order valence-corrected chi connectivity index (χ4v) is 2.03. The third-order valence-electron chi connectivity index (χ3n) is 2.94. The van der Waals surface area contributed by atoms with Crippen LogP contribution in [0.25, 0.3) is 0 Å². The Morgan fingerprint density at radius 3 is 2.78 bits per heavy atom. The summed E-state index contributed by atoms with van der Waals surface area (Å²) in [6, 6.07) is 4.09. The van der Waals surface area contributed by atoms with Crippen molar-refractivity contribution >= 4 is 0 Å². The lowest BCUT2D eigenvalue weighted by Gasteiger charge is -2.15. The zero-order valence-electron chi connectivity index (χ0n) is 11.0. The fraction of sp³-hybridized carbons (Fsp3) is 0.462. The highest BCUT2D eigenvalue weighted by Crippen LogP contribution is 2.17. The highest BCUT2D eigenvalue weighted by molar-refractivity contribution is 5.21. The minimum atomic E-state index is -0.145. The van der Waals surface area contributed by atoms with Crippen molar-refractivity contribution in [2.75, 3.05) is 0 Å². The first kappa shape index (κ1) is 12.7. The number of aryl methyl sites for hydroxylation is 1. The smallest absolute Gasteiger partial charge is 0.138 e. The summed E-state index contributed by atoms with van der Waals surface area (Å²) in [6.45, 7) is 6.18. The van der Waals surface area contributed by atoms with Crippen molar-refractivity contribution in [2.45, 2.75) is 39.3 Å². The molecule has 1 unspecified atom stereocenters. The largest absolute Gasteiger partial charge is 0.322 e. The van der Waals surface area contributed by atoms with Crippen LogP contribution in [-0.2, 0) is 6.42 Å². The van der Waals surface area contributed by atoms with Crippen LogP contribution in [0, 0.1) is 6.92 Å². The van der Waals surface area contributed by atoms with E-state index in [1.165, 1.54) is 0 Å². The molecule has 5 heteroatoms. The van der Waals surface area contributed by atoms with E-state index in [0.29, 0.717) is 12.5 Å². The number of nitrogens with two attached hydrogens (primary N) is 1. The zero-order chi connectivity index (χ0) is 13.1. The number of rotatable bonds is 4. The van der Waals surface area contributed by atoms with Crippen LogP contribution in [0.5, 0.6) is 0 Å². The summed E-state index contributed by atoms with van der Waals surface area (Å²) < 4.78 is 1.90. The van der Waals surface area contributed by atoms with Crippen molar-refractivity contribution in [3.63, 3.8) is 0 Å². The lowest BCUT2D eigenvalue weighted by molar-refractivity contribution is 0.491. The van der Waals surface area contributed by atoms with Gasteiger partial charge in [0.05, 0.1) is 11.7 Å². The van der Waals surface area contributed by atoms with Gasteiger partial charge in [0.2, 0.25) is 0 Å². The second-order valence-corrected chi connectivity index (χ2v) is 4.73. The molecule has 0 aromatic carbocycles. The van der Waals surface area contributed by atoms with Gasteiger partial charge < -0.3 is 5.73 Å². The molecule has 0 bridgehead atoms. The molecule has 2 aromatic heterocycles. The van der Waals surface area contributed by atoms with Crippen LogP contribution in [0.1, 0.15) is 43.0 Å². The molecule has 96 valence electrons. The van der Waals surface area contributed by atoms with Crippen molar-refractivity contribution in [3.05, 3.63) is 41.7 Å². The summed E-state index contributed by atoms with van der Waals surface area (Å²) in [7, 11) is 0. The number of nitrogens with zero attached hydrogens (tertiary/aromatic N) is 4. The Bertz CT molecular complexity index is 518. The molecule has 1 atom stereocenters. The standard InChI is InChI=1S/C13H19N5/c1-9(2)18-12(16-8-17-18)7-11(14)13-10(3)5-4-6-15-13/h4-6,8-9,11H,7,14H2,1-3H3. The van der Waals surface area contributed by atoms with Gasteiger partial charge in [0.1, 0.15) is 12.2 Å². The van der Waals surface area contributed by atoms with Gasteiger partial charge in [-0.3, -0.25) is 4.98 Å². The summed E-state index contributed by atoms with van der Waals surface area (Å²) in [5, 5.41) is 4.21. The van der Waals surface area contributed by atoms with E-state index in [1.54, 1.807) is 12.5 Å². The molecule has 0 saturated carbocycles. The van der Waals surface area contributed by atoms with E-state index >= 15 is 0 Å². The van der Waals surface area contributed by atoms with Gasteiger partial charge in [-0.15, -0.1) is 0 Å². The molecule has 0 fully saturated rings. The molecule has 0 aliphatic rings. The molecule has 2 heterocycles. The van der Waals surface area contributed by atoms with E-state index in [2.05, 4.69) is 28.9 Å². The van der Waals surface area contributed by atoms with Crippen LogP contribution in [0.2, 0.25) is 0 Å². The second kappa shape index (κ2) is 5.27. The van der Waals surface area contributed by atoms with Gasteiger partial charge >= 0.3 is 0 Å². The highest BCUT2D eigenvalue weighted by Gasteiger charge is 2.15. The SMILES string of the molecule is Cc1cccnc1C(N)Cc1ncnn1C(C)C. The number of pyridine rings is 1. The van der Waals surface area contributed by atoms with E-state index < -0.39 is 0 Å². The van der Waals surface area contributed by atoms with Crippen LogP contribution in [0.15, 0.2) is 24.7 Å². The summed E-state index contributed by atoms with van der Waals surface area (Å²) >= 11 is 0. The summed E-state index contributed by atoms with van der Waals surface area (Å²) in [5.41, 5.74) is 8.25. The van der Waals surface area contributed by atoms with E-state index in [0.717, 1.165) is 17.1 Å². The predicted octanol–water partition coefficient (Wildman–Crippen LogP) is 1.80. The maximum atomic E-state index is 6.21. The van der Waals surface area contributed by atoms with Crippen molar-refractivity contribution in [3.8, 4) is 0 Å². The molecule has 2 rings (SSSR count). The first-order chi connectivity index (χ1) is 8.59. The Balaban J connectivity index is 2.19. The van der Waals surface area contributed by atoms with Gasteiger partial charge in [-0.05, 0) is 32.4 Å². The average molecular weight is 245 g/mol. The van der Waals surface area contributed by atoms with Gasteiger partial charge in [-0.1, -0.05) is 6.07 Å². The Hall–Kier alpha value is -1.75. The van der Waals surface area contributed by atoms with E-state index in [1.807, 2.05) is 23.7 Å². The first-order valence-electron chi connectivity index (χ1n) is 6.15. The molecule has 5 nitrogen and oxygen atoms in total. The number of hydrogen-bond donors (Lipinski definition) is 1. The topological polar surface area (TPSA) is 69.6 Å². The van der Waals surface area contributed by atoms with Crippen LogP contribution in [0.4, 0.5) is 0 Å². The monoisotopic (exact) mass is 245 g/mol. The number of hydrogen-bond acceptors (Lipinski definition) is 4. The van der Waals surface area contributed by atoms with Crippen LogP contribution in [0.3, 0.4) is 0 Å². The molecular weight excluding hydrogens is 226 g/mol. The molecule has 0 aliphatic heterocycles. The first-order valence-corrected chi connectivity index (χ1v) is 6.15. The minimum Gasteiger partial charge on any atom is -0.322 e. The maximum absolute atomic E-state index is 6.21. The fourth-order valence-electron chi connectivity index (χ4n) is 2.03. The Morgan fingerprint density at radius 2 is 2.11 bits per heavy atom. The van der Waals surface area contributed by atoms with Crippen molar-refractivity contribution in [1.29, 1.82) is 0 Å². The van der Waals surface area contributed by atoms with Crippen LogP contribution < -0.4 is 5.73 Å². The lowest BCUT2D eigenvalue weighted by atomic mass is 10.1. The van der Waals surface area contributed by atoms with E-state index in [4.69, 9.17) is 5.73 Å². The highest BCUT2D eigenvalue weighted by atomic mass is 15.3. The Labute approximate surface area is 107 Å². The molecule has 18 heavy (non-hydrogen) atoms. The molecule has 2 N–H and O–H groups in total. The van der Waals surface area contributed by atoms with E-state index in [9.17, 15) is 0 Å². The molecule has 2 aromatic rings. The van der Waals surface area contributed by atoms with Crippen molar-refractivity contribution in [1.82, 2.24) is 19.7 Å². The lowest BCUT2D eigenvalue weighted by Crippen LogP contribution is -2.19. The third kappa shape index (κ3) is 2.56. The quantitative estimate of drug-likeness (QED) is 0.891. The van der Waals surface area contributed by atoms with Gasteiger partial charge in [0, 0.05) is 18.7 Å². The molecule has 0 saturated heterocycles. The maximum Gasteiger partial charge on any atom is 0.138 e. The zero-order valence-corrected chi connectivity index (χ0v) is 11.0. The van der Waals surface area contributed by atoms with Crippen molar-refractivity contribution < 1.29 is 0 Å². The number of aromatic nitrogens is 4. The van der Waals surface area contributed by atoms with Crippen LogP contribution >= 0.6 is 0 Å². The summed E-state index contributed by atoms with van der Waals surface area (Å²) in [5.74, 6) is 0.905. The summed E-state index contributed by atoms with van der Waals surface area (Å²) in [6.07, 6.45) is 4.00. The molecule has 0 radical (unpaired) electrons. The minimum absolute atomic E-state index is 0.145. The molecule has 0 aliphatic carbocycles. The Morgan fingerprint density at radius 1 is 1.33 bits per heavy atom. The Kier molecular flexibility index (Phi) is 3.72. The third-order valence-corrected chi connectivity index (χ3v) is 2.94. The van der Waals surface area contributed by atoms with Crippen LogP contribution in [-0.4, -0.2) is 19.7 Å². The molecule has 0 spiro atoms. The van der Waals surface area contributed by atoms with Gasteiger partial charge in [-0.25, -0.2) is 9.67 Å². The van der Waals surface area contributed by atoms with E-state index in [-0.39, 0.29) is 6.04 Å².